The Hall–Kier alpha value is -2.76. The maximum Gasteiger partial charge on any atom is 0.275 e. The van der Waals surface area contributed by atoms with Crippen molar-refractivity contribution in [3.8, 4) is 6.07 Å². The molecule has 2 saturated carbocycles. The highest BCUT2D eigenvalue weighted by atomic mass is 19.3. The van der Waals surface area contributed by atoms with Crippen molar-refractivity contribution in [1.29, 1.82) is 5.26 Å². The zero-order valence-corrected chi connectivity index (χ0v) is 15.4. The molecule has 4 rings (SSSR count). The molecule has 0 bridgehead atoms. The van der Waals surface area contributed by atoms with Gasteiger partial charge in [0.15, 0.2) is 0 Å². The summed E-state index contributed by atoms with van der Waals surface area (Å²) in [5, 5.41) is 19.8. The van der Waals surface area contributed by atoms with Crippen LogP contribution in [-0.2, 0) is 5.92 Å². The number of anilines is 3. The van der Waals surface area contributed by atoms with Gasteiger partial charge in [-0.3, -0.25) is 4.68 Å². The normalized spacial score (nSPS) is 24.4. The van der Waals surface area contributed by atoms with E-state index in [1.54, 1.807) is 7.05 Å². The van der Waals surface area contributed by atoms with Crippen LogP contribution in [0.1, 0.15) is 56.3 Å². The SMILES string of the molecule is CNc1nc(Nc2cn(C3C[C@]3(C)C#N)nc2C2CC2)ncc1C(C)(F)F. The number of alkyl halides is 2. The van der Waals surface area contributed by atoms with Gasteiger partial charge in [0.25, 0.3) is 5.92 Å². The van der Waals surface area contributed by atoms with Gasteiger partial charge in [0.1, 0.15) is 5.82 Å². The number of nitrogens with one attached hydrogen (secondary N) is 2. The molecule has 2 fully saturated rings. The summed E-state index contributed by atoms with van der Waals surface area (Å²) in [6.45, 7) is 2.74. The molecule has 2 N–H and O–H groups in total. The van der Waals surface area contributed by atoms with Crippen LogP contribution in [0.25, 0.3) is 0 Å². The lowest BCUT2D eigenvalue weighted by Gasteiger charge is -2.15. The van der Waals surface area contributed by atoms with E-state index in [0.717, 1.165) is 43.8 Å². The van der Waals surface area contributed by atoms with Crippen LogP contribution >= 0.6 is 0 Å². The maximum atomic E-state index is 13.7. The molecule has 27 heavy (non-hydrogen) atoms. The molecule has 2 atom stereocenters. The van der Waals surface area contributed by atoms with Gasteiger partial charge >= 0.3 is 0 Å². The fourth-order valence-electron chi connectivity index (χ4n) is 3.24. The second-order valence-corrected chi connectivity index (χ2v) is 7.65. The van der Waals surface area contributed by atoms with Crippen LogP contribution in [0.4, 0.5) is 26.2 Å². The number of halogens is 2. The molecule has 7 nitrogen and oxygen atoms in total. The summed E-state index contributed by atoms with van der Waals surface area (Å²) in [6, 6.07) is 2.40. The van der Waals surface area contributed by atoms with Crippen LogP contribution in [0.15, 0.2) is 12.4 Å². The predicted molar refractivity (Wildman–Crippen MR) is 96.0 cm³/mol. The van der Waals surface area contributed by atoms with Gasteiger partial charge in [0.05, 0.1) is 34.5 Å². The van der Waals surface area contributed by atoms with Gasteiger partial charge in [-0.25, -0.2) is 13.8 Å². The zero-order chi connectivity index (χ0) is 19.4. The molecule has 0 saturated heterocycles. The van der Waals surface area contributed by atoms with Gasteiger partial charge in [0.2, 0.25) is 5.95 Å². The van der Waals surface area contributed by atoms with Crippen LogP contribution in [0.2, 0.25) is 0 Å². The van der Waals surface area contributed by atoms with Gasteiger partial charge in [0, 0.05) is 32.3 Å². The zero-order valence-electron chi connectivity index (χ0n) is 15.4. The Morgan fingerprint density at radius 1 is 1.41 bits per heavy atom. The third-order valence-corrected chi connectivity index (χ3v) is 5.24. The molecule has 2 aliphatic rings. The summed E-state index contributed by atoms with van der Waals surface area (Å²) in [6.07, 6.45) is 5.90. The molecule has 0 aliphatic heterocycles. The molecular formula is C18H21F2N7. The first-order valence-corrected chi connectivity index (χ1v) is 8.95. The Morgan fingerprint density at radius 3 is 2.70 bits per heavy atom. The van der Waals surface area contributed by atoms with Crippen LogP contribution in [0.5, 0.6) is 0 Å². The molecule has 0 radical (unpaired) electrons. The van der Waals surface area contributed by atoms with E-state index >= 15 is 0 Å². The van der Waals surface area contributed by atoms with Crippen LogP contribution < -0.4 is 10.6 Å². The van der Waals surface area contributed by atoms with Crippen molar-refractivity contribution in [3.05, 3.63) is 23.7 Å². The Balaban J connectivity index is 1.63. The molecular weight excluding hydrogens is 352 g/mol. The first-order valence-electron chi connectivity index (χ1n) is 8.95. The molecule has 0 spiro atoms. The third-order valence-electron chi connectivity index (χ3n) is 5.24. The number of nitriles is 1. The van der Waals surface area contributed by atoms with Gasteiger partial charge in [-0.15, -0.1) is 0 Å². The summed E-state index contributed by atoms with van der Waals surface area (Å²) < 4.78 is 29.2. The van der Waals surface area contributed by atoms with Gasteiger partial charge < -0.3 is 10.6 Å². The van der Waals surface area contributed by atoms with Crippen molar-refractivity contribution in [2.45, 2.75) is 51.0 Å². The second-order valence-electron chi connectivity index (χ2n) is 7.65. The van der Waals surface area contributed by atoms with Gasteiger partial charge in [-0.05, 0) is 26.2 Å². The standard InChI is InChI=1S/C18H21F2N7/c1-17(9-21)6-13(17)27-8-12(14(26-27)10-4-5-10)24-16-23-7-11(18(2,19)20)15(22-3)25-16/h7-8,10,13H,4-6H2,1-3H3,(H2,22,23,24,25)/t13?,17-/m1/s1. The minimum atomic E-state index is -3.03. The average Bonchev–Trinajstić information content (AvgIpc) is 3.54. The summed E-state index contributed by atoms with van der Waals surface area (Å²) >= 11 is 0. The highest BCUT2D eigenvalue weighted by Gasteiger charge is 2.53. The smallest absolute Gasteiger partial charge is 0.275 e. The van der Waals surface area contributed by atoms with Crippen molar-refractivity contribution in [2.24, 2.45) is 5.41 Å². The number of hydrogen-bond donors (Lipinski definition) is 2. The monoisotopic (exact) mass is 373 g/mol. The lowest BCUT2D eigenvalue weighted by molar-refractivity contribution is 0.0176. The van der Waals surface area contributed by atoms with Crippen molar-refractivity contribution < 1.29 is 8.78 Å². The average molecular weight is 373 g/mol. The number of rotatable bonds is 6. The quantitative estimate of drug-likeness (QED) is 0.797. The summed E-state index contributed by atoms with van der Waals surface area (Å²) in [4.78, 5) is 8.24. The van der Waals surface area contributed by atoms with Crippen LogP contribution in [0, 0.1) is 16.7 Å². The number of aromatic nitrogens is 4. The first kappa shape index (κ1) is 17.6. The van der Waals surface area contributed by atoms with E-state index in [1.165, 1.54) is 0 Å². The van der Waals surface area contributed by atoms with Crippen LogP contribution in [-0.4, -0.2) is 26.8 Å². The highest BCUT2D eigenvalue weighted by Crippen LogP contribution is 2.56. The lowest BCUT2D eigenvalue weighted by atomic mass is 10.2. The molecule has 142 valence electrons. The Bertz CT molecular complexity index is 923. The van der Waals surface area contributed by atoms with E-state index in [-0.39, 0.29) is 28.8 Å². The Morgan fingerprint density at radius 2 is 2.15 bits per heavy atom. The molecule has 0 amide bonds. The third kappa shape index (κ3) is 3.20. The largest absolute Gasteiger partial charge is 0.373 e. The van der Waals surface area contributed by atoms with E-state index in [0.29, 0.717) is 5.92 Å². The van der Waals surface area contributed by atoms with Crippen molar-refractivity contribution in [1.82, 2.24) is 19.7 Å². The second kappa shape index (κ2) is 5.87. The van der Waals surface area contributed by atoms with Gasteiger partial charge in [-0.2, -0.15) is 15.3 Å². The fraction of sp³-hybridized carbons (Fsp3) is 0.556. The number of hydrogen-bond acceptors (Lipinski definition) is 6. The van der Waals surface area contributed by atoms with E-state index in [9.17, 15) is 14.0 Å². The number of nitrogens with zero attached hydrogens (tertiary/aromatic N) is 5. The molecule has 2 heterocycles. The maximum absolute atomic E-state index is 13.7. The van der Waals surface area contributed by atoms with Crippen LogP contribution in [0.3, 0.4) is 0 Å². The molecule has 9 heteroatoms. The Kier molecular flexibility index (Phi) is 3.84. The lowest BCUT2D eigenvalue weighted by Crippen LogP contribution is -2.13. The fourth-order valence-corrected chi connectivity index (χ4v) is 3.24. The van der Waals surface area contributed by atoms with Gasteiger partial charge in [-0.1, -0.05) is 0 Å². The topological polar surface area (TPSA) is 91.5 Å². The molecule has 2 aliphatic carbocycles. The minimum Gasteiger partial charge on any atom is -0.373 e. The summed E-state index contributed by atoms with van der Waals surface area (Å²) in [7, 11) is 1.55. The molecule has 0 aromatic carbocycles. The van der Waals surface area contributed by atoms with Crippen molar-refractivity contribution in [3.63, 3.8) is 0 Å². The van der Waals surface area contributed by atoms with E-state index in [1.807, 2.05) is 17.8 Å². The first-order chi connectivity index (χ1) is 12.7. The van der Waals surface area contributed by atoms with Crippen molar-refractivity contribution >= 4 is 17.5 Å². The minimum absolute atomic E-state index is 0.0606. The summed E-state index contributed by atoms with van der Waals surface area (Å²) in [5.41, 5.74) is 1.05. The molecule has 2 aromatic heterocycles. The highest BCUT2D eigenvalue weighted by molar-refractivity contribution is 5.59. The Labute approximate surface area is 155 Å². The predicted octanol–water partition coefficient (Wildman–Crippen LogP) is 3.92. The van der Waals surface area contributed by atoms with E-state index in [4.69, 9.17) is 0 Å². The van der Waals surface area contributed by atoms with E-state index < -0.39 is 5.92 Å². The van der Waals surface area contributed by atoms with E-state index in [2.05, 4.69) is 31.8 Å². The molecule has 1 unspecified atom stereocenters. The van der Waals surface area contributed by atoms with Crippen molar-refractivity contribution in [2.75, 3.05) is 17.7 Å². The summed E-state index contributed by atoms with van der Waals surface area (Å²) in [5.74, 6) is -2.34. The molecule has 2 aromatic rings.